The lowest BCUT2D eigenvalue weighted by molar-refractivity contribution is -0.894. The lowest BCUT2D eigenvalue weighted by atomic mass is 9.60. The Morgan fingerprint density at radius 3 is 1.33 bits per heavy atom. The molecule has 6 rings (SSSR count). The summed E-state index contributed by atoms with van der Waals surface area (Å²) >= 11 is 5.44. The summed E-state index contributed by atoms with van der Waals surface area (Å²) in [6.07, 6.45) is 0. The Hall–Kier alpha value is -1.85. The van der Waals surface area contributed by atoms with Gasteiger partial charge in [0.1, 0.15) is 0 Å². The minimum absolute atomic E-state index is 0.207. The third kappa shape index (κ3) is 3.09. The number of hydrogen-bond donors (Lipinski definition) is 1. The van der Waals surface area contributed by atoms with Gasteiger partial charge in [-0.3, -0.25) is 0 Å². The smallest absolute Gasteiger partial charge is 0.0833 e. The van der Waals surface area contributed by atoms with Crippen molar-refractivity contribution in [2.45, 2.75) is 31.4 Å². The van der Waals surface area contributed by atoms with Crippen molar-refractivity contribution in [3.8, 4) is 0 Å². The Morgan fingerprint density at radius 2 is 1.07 bits per heavy atom. The van der Waals surface area contributed by atoms with Gasteiger partial charge in [0.2, 0.25) is 0 Å². The summed E-state index contributed by atoms with van der Waals surface area (Å²) in [6.45, 7) is 10.5. The van der Waals surface area contributed by atoms with E-state index in [0.29, 0.717) is 0 Å². The van der Waals surface area contributed by atoms with E-state index in [1.165, 1.54) is 36.3 Å². The summed E-state index contributed by atoms with van der Waals surface area (Å²) in [5.41, 5.74) is 7.04. The molecular weight excluding hydrogens is 406 g/mol. The van der Waals surface area contributed by atoms with Crippen molar-refractivity contribution in [3.05, 3.63) is 106 Å². The maximum absolute atomic E-state index is 13.0. The van der Waals surface area contributed by atoms with Gasteiger partial charge in [0.25, 0.3) is 0 Å². The van der Waals surface area contributed by atoms with Crippen LogP contribution < -0.4 is 4.90 Å². The van der Waals surface area contributed by atoms with Gasteiger partial charge in [-0.05, 0) is 54.2 Å². The molecule has 30 heavy (non-hydrogen) atoms. The number of benzene rings is 3. The SMILES string of the molecule is CC[NH+](CC)CC.[O-]S(=S)C12c3ccccc3C(c3ccccc31)c1ccccc12. The average Bonchev–Trinajstić information content (AvgIpc) is 2.80. The lowest BCUT2D eigenvalue weighted by Gasteiger charge is -2.53. The van der Waals surface area contributed by atoms with Gasteiger partial charge in [0, 0.05) is 5.92 Å². The van der Waals surface area contributed by atoms with Crippen LogP contribution in [0.2, 0.25) is 0 Å². The van der Waals surface area contributed by atoms with Crippen LogP contribution in [-0.2, 0) is 25.7 Å². The van der Waals surface area contributed by atoms with Crippen LogP contribution in [0.1, 0.15) is 60.1 Å². The predicted molar refractivity (Wildman–Crippen MR) is 128 cm³/mol. The van der Waals surface area contributed by atoms with Gasteiger partial charge in [-0.1, -0.05) is 84.0 Å². The first-order valence-corrected chi connectivity index (χ1v) is 12.9. The zero-order chi connectivity index (χ0) is 21.3. The molecule has 3 aromatic rings. The van der Waals surface area contributed by atoms with Crippen LogP contribution in [-0.4, -0.2) is 24.2 Å². The summed E-state index contributed by atoms with van der Waals surface area (Å²) < 4.78 is 12.3. The average molecular weight is 436 g/mol. The lowest BCUT2D eigenvalue weighted by Crippen LogP contribution is -3.11. The van der Waals surface area contributed by atoms with Crippen LogP contribution in [0.25, 0.3) is 0 Å². The molecule has 0 radical (unpaired) electrons. The number of quaternary nitrogens is 1. The molecule has 0 saturated heterocycles. The van der Waals surface area contributed by atoms with Gasteiger partial charge in [-0.25, -0.2) is 0 Å². The Labute approximate surface area is 187 Å². The topological polar surface area (TPSA) is 27.5 Å². The molecule has 2 nitrogen and oxygen atoms in total. The highest BCUT2D eigenvalue weighted by Gasteiger charge is 2.51. The molecule has 0 heterocycles. The molecule has 0 saturated carbocycles. The van der Waals surface area contributed by atoms with Gasteiger partial charge in [-0.15, -0.1) is 0 Å². The van der Waals surface area contributed by atoms with E-state index in [0.717, 1.165) is 16.7 Å². The Balaban J connectivity index is 0.000000272. The van der Waals surface area contributed by atoms with Gasteiger partial charge < -0.3 is 9.45 Å². The van der Waals surface area contributed by atoms with Crippen molar-refractivity contribution >= 4 is 20.9 Å². The zero-order valence-electron chi connectivity index (χ0n) is 17.9. The molecule has 1 N–H and O–H groups in total. The summed E-state index contributed by atoms with van der Waals surface area (Å²) in [6, 6.07) is 25.0. The molecule has 2 bridgehead atoms. The Bertz CT molecular complexity index is 953. The quantitative estimate of drug-likeness (QED) is 0.672. The minimum atomic E-state index is -1.47. The molecule has 1 atom stereocenters. The van der Waals surface area contributed by atoms with E-state index >= 15 is 0 Å². The zero-order valence-corrected chi connectivity index (χ0v) is 19.5. The minimum Gasteiger partial charge on any atom is -0.793 e. The summed E-state index contributed by atoms with van der Waals surface area (Å²) in [4.78, 5) is 1.68. The van der Waals surface area contributed by atoms with Crippen molar-refractivity contribution in [3.63, 3.8) is 0 Å². The van der Waals surface area contributed by atoms with E-state index in [1.807, 2.05) is 18.2 Å². The number of rotatable bonds is 4. The number of hydrogen-bond acceptors (Lipinski definition) is 2. The van der Waals surface area contributed by atoms with Crippen molar-refractivity contribution in [2.75, 3.05) is 19.6 Å². The maximum Gasteiger partial charge on any atom is 0.0833 e. The van der Waals surface area contributed by atoms with Gasteiger partial charge in [0.15, 0.2) is 0 Å². The van der Waals surface area contributed by atoms with Crippen LogP contribution >= 0.6 is 0 Å². The first-order valence-electron chi connectivity index (χ1n) is 10.8. The van der Waals surface area contributed by atoms with E-state index < -0.39 is 14.5 Å². The van der Waals surface area contributed by atoms with Crippen LogP contribution in [0, 0.1) is 0 Å². The fraction of sp³-hybridized carbons (Fsp3) is 0.308. The molecule has 156 valence electrons. The van der Waals surface area contributed by atoms with Crippen molar-refractivity contribution in [2.24, 2.45) is 0 Å². The Morgan fingerprint density at radius 1 is 0.733 bits per heavy atom. The monoisotopic (exact) mass is 435 g/mol. The molecule has 1 unspecified atom stereocenters. The van der Waals surface area contributed by atoms with Gasteiger partial charge >= 0.3 is 0 Å². The van der Waals surface area contributed by atoms with E-state index in [9.17, 15) is 4.55 Å². The fourth-order valence-corrected chi connectivity index (χ4v) is 7.07. The second-order valence-corrected chi connectivity index (χ2v) is 9.91. The van der Waals surface area contributed by atoms with Gasteiger partial charge in [-0.2, -0.15) is 9.74 Å². The van der Waals surface area contributed by atoms with Crippen LogP contribution in [0.15, 0.2) is 72.8 Å². The van der Waals surface area contributed by atoms with Crippen molar-refractivity contribution < 1.29 is 9.45 Å². The third-order valence-corrected chi connectivity index (χ3v) is 8.61. The van der Waals surface area contributed by atoms with Crippen molar-refractivity contribution in [1.29, 1.82) is 0 Å². The van der Waals surface area contributed by atoms with Crippen LogP contribution in [0.5, 0.6) is 0 Å². The van der Waals surface area contributed by atoms with Gasteiger partial charge in [0.05, 0.1) is 24.4 Å². The van der Waals surface area contributed by atoms with E-state index in [-0.39, 0.29) is 5.92 Å². The molecular formula is C26H29NOS2. The van der Waals surface area contributed by atoms with E-state index in [1.54, 1.807) is 4.90 Å². The van der Waals surface area contributed by atoms with E-state index in [2.05, 4.69) is 75.4 Å². The largest absolute Gasteiger partial charge is 0.793 e. The second-order valence-electron chi connectivity index (χ2n) is 7.92. The predicted octanol–water partition coefficient (Wildman–Crippen LogP) is 3.93. The highest BCUT2D eigenvalue weighted by Crippen LogP contribution is 2.59. The molecule has 0 spiro atoms. The maximum atomic E-state index is 13.0. The number of nitrogens with one attached hydrogen (secondary N) is 1. The summed E-state index contributed by atoms with van der Waals surface area (Å²) in [5.74, 6) is 0.207. The molecule has 3 aromatic carbocycles. The van der Waals surface area contributed by atoms with Crippen LogP contribution in [0.4, 0.5) is 0 Å². The molecule has 0 amide bonds. The fourth-order valence-electron chi connectivity index (χ4n) is 5.17. The van der Waals surface area contributed by atoms with E-state index in [4.69, 9.17) is 11.2 Å². The molecule has 3 aliphatic carbocycles. The molecule has 0 fully saturated rings. The third-order valence-electron chi connectivity index (χ3n) is 6.70. The Kier molecular flexibility index (Phi) is 6.21. The molecule has 4 heteroatoms. The highest BCUT2D eigenvalue weighted by molar-refractivity contribution is 8.26. The summed E-state index contributed by atoms with van der Waals surface area (Å²) in [5, 5.41) is 0. The van der Waals surface area contributed by atoms with Crippen LogP contribution in [0.3, 0.4) is 0 Å². The first-order chi connectivity index (χ1) is 14.6. The highest BCUT2D eigenvalue weighted by atomic mass is 32.8. The summed E-state index contributed by atoms with van der Waals surface area (Å²) in [7, 11) is -1.47. The molecule has 0 aromatic heterocycles. The second kappa shape index (κ2) is 8.72. The van der Waals surface area contributed by atoms with Crippen molar-refractivity contribution in [1.82, 2.24) is 0 Å². The molecule has 3 aliphatic rings. The normalized spacial score (nSPS) is 21.2. The first kappa shape index (κ1) is 21.4. The molecule has 0 aliphatic heterocycles. The standard InChI is InChI=1S/C20H14OS2.C6H15N/c21-23(22)20-16-10-4-1-7-13(16)19(14-8-2-5-11-17(14)20)15-9-3-6-12-18(15)20;1-4-7(5-2)6-3/h1-12,19H,(H,21,22);4-6H2,1-3H3.